The molecule has 2 aliphatic carbocycles. The molecule has 0 N–H and O–H groups in total. The van der Waals surface area contributed by atoms with Gasteiger partial charge in [0.05, 0.1) is 24.4 Å². The van der Waals surface area contributed by atoms with Gasteiger partial charge in [0.1, 0.15) is 0 Å². The van der Waals surface area contributed by atoms with Gasteiger partial charge in [0.2, 0.25) is 0 Å². The molecule has 0 amide bonds. The van der Waals surface area contributed by atoms with Gasteiger partial charge in [-0.1, -0.05) is 6.42 Å². The number of epoxide rings is 1. The molecule has 72 valence electrons. The first-order valence-electron chi connectivity index (χ1n) is 5.54. The zero-order chi connectivity index (χ0) is 8.68. The fraction of sp³-hybridized carbons (Fsp3) is 1.00. The molecule has 2 heteroatoms. The summed E-state index contributed by atoms with van der Waals surface area (Å²) in [4.78, 5) is 0. The molecular weight excluding hydrogens is 164 g/mol. The first-order chi connectivity index (χ1) is 6.25. The lowest BCUT2D eigenvalue weighted by Crippen LogP contribution is -2.44. The smallest absolute Gasteiger partial charge is 0.0924 e. The minimum Gasteiger partial charge on any atom is -0.374 e. The van der Waals surface area contributed by atoms with Gasteiger partial charge in [-0.3, -0.25) is 0 Å². The topological polar surface area (TPSA) is 21.8 Å². The number of hydrogen-bond acceptors (Lipinski definition) is 2. The van der Waals surface area contributed by atoms with Crippen molar-refractivity contribution in [2.45, 2.75) is 50.4 Å². The Morgan fingerprint density at radius 1 is 1.38 bits per heavy atom. The predicted octanol–water partition coefficient (Wildman–Crippen LogP) is 1.73. The Kier molecular flexibility index (Phi) is 1.02. The van der Waals surface area contributed by atoms with Crippen molar-refractivity contribution in [2.24, 2.45) is 11.3 Å². The third-order valence-corrected chi connectivity index (χ3v) is 4.99. The van der Waals surface area contributed by atoms with Crippen LogP contribution in [0.3, 0.4) is 0 Å². The molecule has 2 heterocycles. The molecule has 0 aromatic rings. The predicted molar refractivity (Wildman–Crippen MR) is 47.4 cm³/mol. The number of hydrogen-bond donors (Lipinski definition) is 0. The van der Waals surface area contributed by atoms with E-state index in [1.807, 2.05) is 0 Å². The highest BCUT2D eigenvalue weighted by atomic mass is 16.6. The Bertz CT molecular complexity index is 277. The van der Waals surface area contributed by atoms with Gasteiger partial charge in [-0.05, 0) is 25.7 Å². The van der Waals surface area contributed by atoms with Crippen molar-refractivity contribution >= 4 is 0 Å². The first kappa shape index (κ1) is 7.24. The van der Waals surface area contributed by atoms with Crippen LogP contribution in [-0.4, -0.2) is 24.4 Å². The van der Waals surface area contributed by atoms with Gasteiger partial charge in [-0.15, -0.1) is 0 Å². The highest BCUT2D eigenvalue weighted by Gasteiger charge is 2.72. The molecule has 0 aromatic heterocycles. The molecule has 2 nitrogen and oxygen atoms in total. The van der Waals surface area contributed by atoms with Gasteiger partial charge >= 0.3 is 0 Å². The van der Waals surface area contributed by atoms with Crippen molar-refractivity contribution in [2.75, 3.05) is 6.61 Å². The van der Waals surface area contributed by atoms with Crippen LogP contribution in [0, 0.1) is 11.3 Å². The van der Waals surface area contributed by atoms with E-state index in [4.69, 9.17) is 9.47 Å². The zero-order valence-electron chi connectivity index (χ0n) is 8.08. The normalized spacial score (nSPS) is 67.6. The largest absolute Gasteiger partial charge is 0.374 e. The van der Waals surface area contributed by atoms with E-state index < -0.39 is 0 Å². The average Bonchev–Trinajstić information content (AvgIpc) is 2.65. The first-order valence-corrected chi connectivity index (χ1v) is 5.54. The van der Waals surface area contributed by atoms with Crippen molar-refractivity contribution in [3.63, 3.8) is 0 Å². The minimum absolute atomic E-state index is 0.175. The standard InChI is InChI=1S/C11H16O2/c1-10-5-7-9(13-7)11(6-12-10)4-2-3-8(10)11/h7-9H,2-6H2,1H3/t7-,8-,9-,10-,11-/m1/s1. The number of ether oxygens (including phenoxy) is 2. The lowest BCUT2D eigenvalue weighted by Gasteiger charge is -2.36. The van der Waals surface area contributed by atoms with Crippen LogP contribution >= 0.6 is 0 Å². The maximum atomic E-state index is 6.04. The number of rotatable bonds is 0. The van der Waals surface area contributed by atoms with Crippen LogP contribution < -0.4 is 0 Å². The molecular formula is C11H16O2. The average molecular weight is 180 g/mol. The van der Waals surface area contributed by atoms with Gasteiger partial charge in [0.15, 0.2) is 0 Å². The molecule has 2 saturated carbocycles. The summed E-state index contributed by atoms with van der Waals surface area (Å²) in [5.41, 5.74) is 0.631. The fourth-order valence-electron chi connectivity index (χ4n) is 4.41. The van der Waals surface area contributed by atoms with Gasteiger partial charge in [0.25, 0.3) is 0 Å². The Balaban J connectivity index is 1.87. The third kappa shape index (κ3) is 0.637. The monoisotopic (exact) mass is 180 g/mol. The molecule has 4 fully saturated rings. The van der Waals surface area contributed by atoms with E-state index in [-0.39, 0.29) is 5.60 Å². The Morgan fingerprint density at radius 3 is 3.23 bits per heavy atom. The summed E-state index contributed by atoms with van der Waals surface area (Å²) in [6.45, 7) is 3.29. The van der Waals surface area contributed by atoms with Crippen molar-refractivity contribution in [1.29, 1.82) is 0 Å². The number of fused-ring (bicyclic) bond motifs is 1. The van der Waals surface area contributed by atoms with Gasteiger partial charge in [-0.2, -0.15) is 0 Å². The molecule has 0 unspecified atom stereocenters. The van der Waals surface area contributed by atoms with Crippen molar-refractivity contribution in [1.82, 2.24) is 0 Å². The summed E-state index contributed by atoms with van der Waals surface area (Å²) < 4.78 is 11.8. The Labute approximate surface area is 78.6 Å². The summed E-state index contributed by atoms with van der Waals surface area (Å²) >= 11 is 0. The second-order valence-electron chi connectivity index (χ2n) is 5.58. The van der Waals surface area contributed by atoms with E-state index in [1.165, 1.54) is 19.3 Å². The third-order valence-electron chi connectivity index (χ3n) is 4.99. The summed E-state index contributed by atoms with van der Waals surface area (Å²) in [5, 5.41) is 0. The molecule has 0 spiro atoms. The molecule has 0 aromatic carbocycles. The molecule has 4 aliphatic rings. The molecule has 13 heavy (non-hydrogen) atoms. The van der Waals surface area contributed by atoms with Gasteiger partial charge in [-0.25, -0.2) is 0 Å². The highest BCUT2D eigenvalue weighted by molar-refractivity contribution is 5.20. The molecule has 2 bridgehead atoms. The van der Waals surface area contributed by atoms with E-state index in [0.717, 1.165) is 18.9 Å². The highest BCUT2D eigenvalue weighted by Crippen LogP contribution is 2.67. The van der Waals surface area contributed by atoms with E-state index in [2.05, 4.69) is 6.92 Å². The zero-order valence-corrected chi connectivity index (χ0v) is 8.08. The second-order valence-corrected chi connectivity index (χ2v) is 5.58. The molecule has 2 aliphatic heterocycles. The lowest BCUT2D eigenvalue weighted by molar-refractivity contribution is -0.0195. The Morgan fingerprint density at radius 2 is 2.31 bits per heavy atom. The van der Waals surface area contributed by atoms with Crippen LogP contribution in [0.2, 0.25) is 0 Å². The van der Waals surface area contributed by atoms with Crippen LogP contribution in [0.5, 0.6) is 0 Å². The fourth-order valence-corrected chi connectivity index (χ4v) is 4.41. The van der Waals surface area contributed by atoms with Crippen LogP contribution in [0.4, 0.5) is 0 Å². The summed E-state index contributed by atoms with van der Waals surface area (Å²) in [7, 11) is 0. The van der Waals surface area contributed by atoms with Crippen LogP contribution in [0.15, 0.2) is 0 Å². The SMILES string of the molecule is C[C@@]12C[C@H]3O[C@H]3[C@]3(CCC[C@@H]31)CO2. The molecule has 5 atom stereocenters. The van der Waals surface area contributed by atoms with Gasteiger partial charge < -0.3 is 9.47 Å². The van der Waals surface area contributed by atoms with E-state index in [0.29, 0.717) is 17.6 Å². The lowest BCUT2D eigenvalue weighted by atomic mass is 9.65. The van der Waals surface area contributed by atoms with E-state index in [1.54, 1.807) is 0 Å². The maximum Gasteiger partial charge on any atom is 0.0924 e. The molecule has 4 rings (SSSR count). The minimum atomic E-state index is 0.175. The molecule has 0 radical (unpaired) electrons. The quantitative estimate of drug-likeness (QED) is 0.529. The van der Waals surface area contributed by atoms with Crippen molar-refractivity contribution < 1.29 is 9.47 Å². The van der Waals surface area contributed by atoms with Crippen LogP contribution in [0.1, 0.15) is 32.6 Å². The van der Waals surface area contributed by atoms with Gasteiger partial charge in [0, 0.05) is 11.8 Å². The molecule has 2 saturated heterocycles. The van der Waals surface area contributed by atoms with Crippen LogP contribution in [-0.2, 0) is 9.47 Å². The Hall–Kier alpha value is -0.0800. The van der Waals surface area contributed by atoms with E-state index >= 15 is 0 Å². The summed E-state index contributed by atoms with van der Waals surface area (Å²) in [6, 6.07) is 0. The van der Waals surface area contributed by atoms with Crippen LogP contribution in [0.25, 0.3) is 0 Å². The van der Waals surface area contributed by atoms with Crippen molar-refractivity contribution in [3.8, 4) is 0 Å². The van der Waals surface area contributed by atoms with Crippen molar-refractivity contribution in [3.05, 3.63) is 0 Å². The van der Waals surface area contributed by atoms with E-state index in [9.17, 15) is 0 Å². The second kappa shape index (κ2) is 1.82. The summed E-state index contributed by atoms with van der Waals surface area (Å²) in [5.74, 6) is 0.809. The maximum absolute atomic E-state index is 6.04. The summed E-state index contributed by atoms with van der Waals surface area (Å²) in [6.07, 6.45) is 6.43.